The highest BCUT2D eigenvalue weighted by atomic mass is 15.2. The van der Waals surface area contributed by atoms with Crippen LogP contribution in [-0.4, -0.2) is 36.1 Å². The van der Waals surface area contributed by atoms with Gasteiger partial charge in [0.05, 0.1) is 0 Å². The van der Waals surface area contributed by atoms with Crippen LogP contribution in [0.2, 0.25) is 0 Å². The van der Waals surface area contributed by atoms with Gasteiger partial charge in [0.15, 0.2) is 0 Å². The van der Waals surface area contributed by atoms with Crippen LogP contribution in [-0.2, 0) is 0 Å². The van der Waals surface area contributed by atoms with E-state index in [0.717, 1.165) is 18.1 Å². The van der Waals surface area contributed by atoms with Crippen molar-refractivity contribution in [3.8, 4) is 0 Å². The molecule has 0 radical (unpaired) electrons. The second-order valence-electron chi connectivity index (χ2n) is 5.97. The van der Waals surface area contributed by atoms with Crippen LogP contribution in [0.25, 0.3) is 0 Å². The highest BCUT2D eigenvalue weighted by molar-refractivity contribution is 4.88. The normalized spacial score (nSPS) is 25.8. The molecule has 0 heterocycles. The Morgan fingerprint density at radius 1 is 1.17 bits per heavy atom. The zero-order chi connectivity index (χ0) is 13.4. The Balaban J connectivity index is 2.43. The first-order valence-electron chi connectivity index (χ1n) is 8.21. The van der Waals surface area contributed by atoms with E-state index in [9.17, 15) is 0 Å². The van der Waals surface area contributed by atoms with Crippen molar-refractivity contribution in [1.82, 2.24) is 10.2 Å². The van der Waals surface area contributed by atoms with Gasteiger partial charge in [-0.2, -0.15) is 0 Å². The van der Waals surface area contributed by atoms with Crippen molar-refractivity contribution in [3.63, 3.8) is 0 Å². The monoisotopic (exact) mass is 254 g/mol. The predicted molar refractivity (Wildman–Crippen MR) is 81.1 cm³/mol. The molecule has 3 atom stereocenters. The van der Waals surface area contributed by atoms with Gasteiger partial charge < -0.3 is 5.32 Å². The third-order valence-corrected chi connectivity index (χ3v) is 4.48. The molecule has 2 heteroatoms. The maximum Gasteiger partial charge on any atom is 0.0113 e. The summed E-state index contributed by atoms with van der Waals surface area (Å²) in [5.41, 5.74) is 0. The molecule has 2 nitrogen and oxygen atoms in total. The fourth-order valence-electron chi connectivity index (χ4n) is 3.13. The summed E-state index contributed by atoms with van der Waals surface area (Å²) < 4.78 is 0. The molecule has 0 aromatic carbocycles. The number of rotatable bonds is 9. The highest BCUT2D eigenvalue weighted by Crippen LogP contribution is 2.26. The molecule has 0 aliphatic heterocycles. The lowest BCUT2D eigenvalue weighted by Gasteiger charge is -2.34. The summed E-state index contributed by atoms with van der Waals surface area (Å²) in [5.74, 6) is 0. The van der Waals surface area contributed by atoms with Crippen LogP contribution in [0.5, 0.6) is 0 Å². The van der Waals surface area contributed by atoms with Gasteiger partial charge in [0, 0.05) is 18.1 Å². The maximum absolute atomic E-state index is 3.70. The summed E-state index contributed by atoms with van der Waals surface area (Å²) >= 11 is 0. The molecule has 0 bridgehead atoms. The number of nitrogens with zero attached hydrogens (tertiary/aromatic N) is 1. The van der Waals surface area contributed by atoms with E-state index in [-0.39, 0.29) is 0 Å². The van der Waals surface area contributed by atoms with Crippen LogP contribution in [0.1, 0.15) is 72.6 Å². The van der Waals surface area contributed by atoms with Crippen LogP contribution in [0.4, 0.5) is 0 Å². The second-order valence-corrected chi connectivity index (χ2v) is 5.97. The fourth-order valence-corrected chi connectivity index (χ4v) is 3.13. The Morgan fingerprint density at radius 3 is 2.56 bits per heavy atom. The molecule has 0 aromatic rings. The van der Waals surface area contributed by atoms with Gasteiger partial charge in [-0.05, 0) is 58.5 Å². The Kier molecular flexibility index (Phi) is 7.92. The van der Waals surface area contributed by atoms with E-state index in [0.29, 0.717) is 0 Å². The maximum atomic E-state index is 3.70. The van der Waals surface area contributed by atoms with Gasteiger partial charge in [-0.1, -0.05) is 27.2 Å². The minimum Gasteiger partial charge on any atom is -0.314 e. The van der Waals surface area contributed by atoms with Gasteiger partial charge in [0.2, 0.25) is 0 Å². The van der Waals surface area contributed by atoms with E-state index >= 15 is 0 Å². The van der Waals surface area contributed by atoms with Gasteiger partial charge in [0.25, 0.3) is 0 Å². The van der Waals surface area contributed by atoms with Gasteiger partial charge >= 0.3 is 0 Å². The van der Waals surface area contributed by atoms with E-state index in [1.807, 2.05) is 0 Å². The van der Waals surface area contributed by atoms with Crippen molar-refractivity contribution >= 4 is 0 Å². The van der Waals surface area contributed by atoms with E-state index < -0.39 is 0 Å². The van der Waals surface area contributed by atoms with Crippen LogP contribution in [0.3, 0.4) is 0 Å². The number of hydrogen-bond acceptors (Lipinski definition) is 2. The first kappa shape index (κ1) is 16.0. The zero-order valence-electron chi connectivity index (χ0n) is 13.0. The van der Waals surface area contributed by atoms with Crippen LogP contribution >= 0.6 is 0 Å². The molecule has 1 saturated carbocycles. The number of unbranched alkanes of at least 4 members (excludes halogenated alkanes) is 1. The molecule has 1 rings (SSSR count). The van der Waals surface area contributed by atoms with Crippen LogP contribution in [0.15, 0.2) is 0 Å². The molecule has 0 spiro atoms. The van der Waals surface area contributed by atoms with E-state index in [1.54, 1.807) is 0 Å². The van der Waals surface area contributed by atoms with E-state index in [4.69, 9.17) is 0 Å². The van der Waals surface area contributed by atoms with Crippen LogP contribution < -0.4 is 5.32 Å². The average Bonchev–Trinajstić information content (AvgIpc) is 2.85. The Morgan fingerprint density at radius 2 is 1.94 bits per heavy atom. The standard InChI is InChI=1S/C16H34N2/c1-5-8-12-18(14(4)7-3)16-10-9-15(13-16)17-11-6-2/h14-17H,5-13H2,1-4H3. The third-order valence-electron chi connectivity index (χ3n) is 4.48. The van der Waals surface area contributed by atoms with Crippen molar-refractivity contribution in [3.05, 3.63) is 0 Å². The van der Waals surface area contributed by atoms with Crippen molar-refractivity contribution in [2.75, 3.05) is 13.1 Å². The molecule has 1 N–H and O–H groups in total. The molecular formula is C16H34N2. The summed E-state index contributed by atoms with van der Waals surface area (Å²) in [7, 11) is 0. The summed E-state index contributed by atoms with van der Waals surface area (Å²) in [6.45, 7) is 11.8. The van der Waals surface area contributed by atoms with E-state index in [1.165, 1.54) is 58.0 Å². The molecule has 0 saturated heterocycles. The second kappa shape index (κ2) is 8.92. The molecule has 1 fully saturated rings. The Labute approximate surface area is 115 Å². The van der Waals surface area contributed by atoms with Gasteiger partial charge in [-0.25, -0.2) is 0 Å². The molecular weight excluding hydrogens is 220 g/mol. The van der Waals surface area contributed by atoms with Crippen LogP contribution in [0, 0.1) is 0 Å². The van der Waals surface area contributed by atoms with Crippen molar-refractivity contribution in [1.29, 1.82) is 0 Å². The lowest BCUT2D eigenvalue weighted by molar-refractivity contribution is 0.137. The molecule has 3 unspecified atom stereocenters. The molecule has 1 aliphatic rings. The SMILES string of the molecule is CCCCN(C(C)CC)C1CCC(NCCC)C1. The third kappa shape index (κ3) is 4.89. The minimum absolute atomic E-state index is 0.756. The summed E-state index contributed by atoms with van der Waals surface area (Å²) in [6, 6.07) is 2.37. The molecule has 1 aliphatic carbocycles. The minimum atomic E-state index is 0.756. The lowest BCUT2D eigenvalue weighted by atomic mass is 10.1. The highest BCUT2D eigenvalue weighted by Gasteiger charge is 2.30. The van der Waals surface area contributed by atoms with Gasteiger partial charge in [0.1, 0.15) is 0 Å². The zero-order valence-corrected chi connectivity index (χ0v) is 13.0. The number of hydrogen-bond donors (Lipinski definition) is 1. The Hall–Kier alpha value is -0.0800. The molecule has 0 amide bonds. The van der Waals surface area contributed by atoms with Gasteiger partial charge in [-0.15, -0.1) is 0 Å². The first-order chi connectivity index (χ1) is 8.72. The van der Waals surface area contributed by atoms with Crippen molar-refractivity contribution < 1.29 is 0 Å². The lowest BCUT2D eigenvalue weighted by Crippen LogP contribution is -2.42. The Bertz CT molecular complexity index is 205. The molecule has 108 valence electrons. The summed E-state index contributed by atoms with van der Waals surface area (Å²) in [5, 5.41) is 3.70. The van der Waals surface area contributed by atoms with Gasteiger partial charge in [-0.3, -0.25) is 4.90 Å². The topological polar surface area (TPSA) is 15.3 Å². The predicted octanol–water partition coefficient (Wildman–Crippen LogP) is 3.81. The summed E-state index contributed by atoms with van der Waals surface area (Å²) in [6.07, 6.45) is 9.36. The van der Waals surface area contributed by atoms with Crippen molar-refractivity contribution in [2.45, 2.75) is 90.8 Å². The van der Waals surface area contributed by atoms with E-state index in [2.05, 4.69) is 37.9 Å². The molecule has 0 aromatic heterocycles. The molecule has 18 heavy (non-hydrogen) atoms. The van der Waals surface area contributed by atoms with Crippen molar-refractivity contribution in [2.24, 2.45) is 0 Å². The fraction of sp³-hybridized carbons (Fsp3) is 1.00. The smallest absolute Gasteiger partial charge is 0.0113 e. The largest absolute Gasteiger partial charge is 0.314 e. The summed E-state index contributed by atoms with van der Waals surface area (Å²) in [4.78, 5) is 2.79. The average molecular weight is 254 g/mol. The number of nitrogens with one attached hydrogen (secondary N) is 1. The first-order valence-corrected chi connectivity index (χ1v) is 8.21. The quantitative estimate of drug-likeness (QED) is 0.673.